The van der Waals surface area contributed by atoms with Crippen molar-refractivity contribution in [1.29, 1.82) is 0 Å². The normalized spacial score (nSPS) is 24.4. The monoisotopic (exact) mass is 536 g/mol. The van der Waals surface area contributed by atoms with Crippen LogP contribution in [0.4, 0.5) is 0 Å². The summed E-state index contributed by atoms with van der Waals surface area (Å²) in [5, 5.41) is 3.26. The molecule has 0 aromatic heterocycles. The van der Waals surface area contributed by atoms with Crippen molar-refractivity contribution in [3.63, 3.8) is 0 Å². The zero-order valence-corrected chi connectivity index (χ0v) is 23.0. The molecule has 1 saturated carbocycles. The smallest absolute Gasteiger partial charge is 0.251 e. The molecule has 1 fully saturated rings. The van der Waals surface area contributed by atoms with Crippen LogP contribution in [-0.2, 0) is 10.0 Å². The van der Waals surface area contributed by atoms with Gasteiger partial charge in [0.15, 0.2) is 0 Å². The van der Waals surface area contributed by atoms with Gasteiger partial charge in [0.1, 0.15) is 0 Å². The zero-order chi connectivity index (χ0) is 24.6. The highest BCUT2D eigenvalue weighted by atomic mass is 79.9. The van der Waals surface area contributed by atoms with Gasteiger partial charge in [-0.25, -0.2) is 8.42 Å². The van der Waals surface area contributed by atoms with Gasteiger partial charge in [0.05, 0.1) is 4.90 Å². The molecule has 0 aliphatic heterocycles. The first-order valence-electron chi connectivity index (χ1n) is 11.7. The zero-order valence-electron chi connectivity index (χ0n) is 20.6. The molecule has 0 radical (unpaired) electrons. The van der Waals surface area contributed by atoms with Crippen LogP contribution < -0.4 is 5.32 Å². The Bertz CT molecular complexity index is 1070. The van der Waals surface area contributed by atoms with Gasteiger partial charge in [-0.15, -0.1) is 0 Å². The summed E-state index contributed by atoms with van der Waals surface area (Å²) in [6.45, 7) is 11.4. The van der Waals surface area contributed by atoms with Crippen LogP contribution in [0.1, 0.15) is 70.7 Å². The predicted molar refractivity (Wildman–Crippen MR) is 138 cm³/mol. The summed E-state index contributed by atoms with van der Waals surface area (Å²) < 4.78 is 28.5. The van der Waals surface area contributed by atoms with Crippen LogP contribution >= 0.6 is 15.9 Å². The summed E-state index contributed by atoms with van der Waals surface area (Å²) >= 11 is 3.39. The van der Waals surface area contributed by atoms with Crippen molar-refractivity contribution in [3.8, 4) is 0 Å². The van der Waals surface area contributed by atoms with Gasteiger partial charge in [0.2, 0.25) is 10.0 Å². The summed E-state index contributed by atoms with van der Waals surface area (Å²) in [5.74, 6) is 0.244. The van der Waals surface area contributed by atoms with Crippen molar-refractivity contribution in [1.82, 2.24) is 9.62 Å². The lowest BCUT2D eigenvalue weighted by Crippen LogP contribution is -2.58. The lowest BCUT2D eigenvalue weighted by molar-refractivity contribution is 0.00579. The van der Waals surface area contributed by atoms with Crippen molar-refractivity contribution in [2.24, 2.45) is 16.7 Å². The Morgan fingerprint density at radius 3 is 2.55 bits per heavy atom. The number of halogens is 1. The largest absolute Gasteiger partial charge is 0.348 e. The Morgan fingerprint density at radius 1 is 1.21 bits per heavy atom. The van der Waals surface area contributed by atoms with E-state index in [0.29, 0.717) is 22.5 Å². The number of sulfonamides is 1. The SMILES string of the molecule is CC1CCC(C)(C)C(NC(=O)c2ccc(Br)c(S(=O)(=O)N(C)CC3=CCCC=C3)c2)C1(C)C. The van der Waals surface area contributed by atoms with Crippen LogP contribution in [0, 0.1) is 16.7 Å². The van der Waals surface area contributed by atoms with Gasteiger partial charge in [-0.05, 0) is 82.1 Å². The minimum atomic E-state index is -3.78. The molecule has 5 nitrogen and oxygen atoms in total. The second kappa shape index (κ2) is 9.67. The summed E-state index contributed by atoms with van der Waals surface area (Å²) in [6.07, 6.45) is 10.2. The van der Waals surface area contributed by atoms with Gasteiger partial charge in [0, 0.05) is 29.7 Å². The van der Waals surface area contributed by atoms with E-state index in [1.54, 1.807) is 19.2 Å². The number of nitrogens with zero attached hydrogens (tertiary/aromatic N) is 1. The highest BCUT2D eigenvalue weighted by molar-refractivity contribution is 9.10. The summed E-state index contributed by atoms with van der Waals surface area (Å²) in [7, 11) is -2.21. The minimum absolute atomic E-state index is 0.0161. The first-order valence-corrected chi connectivity index (χ1v) is 13.9. The fourth-order valence-electron chi connectivity index (χ4n) is 5.13. The molecule has 0 bridgehead atoms. The fraction of sp³-hybridized carbons (Fsp3) is 0.577. The molecule has 3 rings (SSSR count). The summed E-state index contributed by atoms with van der Waals surface area (Å²) in [4.78, 5) is 13.4. The molecular weight excluding hydrogens is 500 g/mol. The van der Waals surface area contributed by atoms with Crippen LogP contribution in [0.5, 0.6) is 0 Å². The van der Waals surface area contributed by atoms with Crippen molar-refractivity contribution in [2.45, 2.75) is 71.2 Å². The average molecular weight is 538 g/mol. The third-order valence-corrected chi connectivity index (χ3v) is 10.4. The number of benzene rings is 1. The van der Waals surface area contributed by atoms with Gasteiger partial charge in [0.25, 0.3) is 5.91 Å². The standard InChI is InChI=1S/C26H37BrN2O3S/c1-18-14-15-25(2,3)24(26(18,4)5)28-23(30)20-12-13-21(27)22(16-20)33(31,32)29(6)17-19-10-8-7-9-11-19/h8,10-13,16,18,24H,7,9,14-15,17H2,1-6H3,(H,28,30). The Morgan fingerprint density at radius 2 is 1.91 bits per heavy atom. The molecule has 1 N–H and O–H groups in total. The van der Waals surface area contributed by atoms with E-state index < -0.39 is 10.0 Å². The number of carbonyl (C=O) groups excluding carboxylic acids is 1. The fourth-order valence-corrected chi connectivity index (χ4v) is 7.23. The van der Waals surface area contributed by atoms with Gasteiger partial charge in [-0.2, -0.15) is 4.31 Å². The Balaban J connectivity index is 1.86. The third-order valence-electron chi connectivity index (χ3n) is 7.65. The summed E-state index contributed by atoms with van der Waals surface area (Å²) in [6, 6.07) is 4.80. The second-order valence-corrected chi connectivity index (χ2v) is 13.7. The van der Waals surface area contributed by atoms with E-state index >= 15 is 0 Å². The second-order valence-electron chi connectivity index (χ2n) is 10.8. The quantitative estimate of drug-likeness (QED) is 0.490. The predicted octanol–water partition coefficient (Wildman–Crippen LogP) is 5.93. The third kappa shape index (κ3) is 5.46. The maximum Gasteiger partial charge on any atom is 0.251 e. The molecule has 1 aromatic rings. The molecule has 2 unspecified atom stereocenters. The minimum Gasteiger partial charge on any atom is -0.348 e. The number of rotatable bonds is 6. The number of hydrogen-bond donors (Lipinski definition) is 1. The lowest BCUT2D eigenvalue weighted by Gasteiger charge is -2.52. The Hall–Kier alpha value is -1.44. The Labute approximate surface area is 207 Å². The average Bonchev–Trinajstić information content (AvgIpc) is 2.75. The molecule has 2 aliphatic rings. The number of amides is 1. The summed E-state index contributed by atoms with van der Waals surface area (Å²) in [5.41, 5.74) is 1.22. The first-order chi connectivity index (χ1) is 15.3. The van der Waals surface area contributed by atoms with Crippen LogP contribution in [0.3, 0.4) is 0 Å². The molecule has 0 spiro atoms. The highest BCUT2D eigenvalue weighted by Crippen LogP contribution is 2.49. The molecule has 0 saturated heterocycles. The van der Waals surface area contributed by atoms with E-state index in [9.17, 15) is 13.2 Å². The molecular formula is C26H37BrN2O3S. The highest BCUT2D eigenvalue weighted by Gasteiger charge is 2.48. The van der Waals surface area contributed by atoms with Crippen molar-refractivity contribution >= 4 is 31.9 Å². The topological polar surface area (TPSA) is 66.5 Å². The lowest BCUT2D eigenvalue weighted by atomic mass is 9.57. The van der Waals surface area contributed by atoms with Gasteiger partial charge in [-0.1, -0.05) is 52.8 Å². The number of likely N-dealkylation sites (N-methyl/N-ethyl adjacent to an activating group) is 1. The molecule has 0 heterocycles. The maximum absolute atomic E-state index is 13.4. The van der Waals surface area contributed by atoms with E-state index in [1.807, 2.05) is 6.08 Å². The van der Waals surface area contributed by atoms with Crippen LogP contribution in [0.15, 0.2) is 51.4 Å². The number of carbonyl (C=O) groups is 1. The van der Waals surface area contributed by atoms with Gasteiger partial charge < -0.3 is 5.32 Å². The molecule has 7 heteroatoms. The molecule has 33 heavy (non-hydrogen) atoms. The molecule has 2 aliphatic carbocycles. The molecule has 1 aromatic carbocycles. The van der Waals surface area contributed by atoms with Crippen LogP contribution in [0.25, 0.3) is 0 Å². The van der Waals surface area contributed by atoms with Crippen molar-refractivity contribution in [3.05, 3.63) is 52.0 Å². The number of allylic oxidation sites excluding steroid dienone is 2. The van der Waals surface area contributed by atoms with Crippen molar-refractivity contribution in [2.75, 3.05) is 13.6 Å². The van der Waals surface area contributed by atoms with Gasteiger partial charge >= 0.3 is 0 Å². The maximum atomic E-state index is 13.4. The van der Waals surface area contributed by atoms with E-state index in [2.05, 4.69) is 68.0 Å². The van der Waals surface area contributed by atoms with E-state index in [-0.39, 0.29) is 27.7 Å². The van der Waals surface area contributed by atoms with E-state index in [4.69, 9.17) is 0 Å². The van der Waals surface area contributed by atoms with Crippen molar-refractivity contribution < 1.29 is 13.2 Å². The Kier molecular flexibility index (Phi) is 7.67. The number of hydrogen-bond acceptors (Lipinski definition) is 3. The molecule has 2 atom stereocenters. The first kappa shape index (κ1) is 26.2. The molecule has 182 valence electrons. The number of nitrogens with one attached hydrogen (secondary N) is 1. The van der Waals surface area contributed by atoms with Gasteiger partial charge in [-0.3, -0.25) is 4.79 Å². The van der Waals surface area contributed by atoms with E-state index in [0.717, 1.165) is 31.3 Å². The van der Waals surface area contributed by atoms with Crippen LogP contribution in [0.2, 0.25) is 0 Å². The molecule has 1 amide bonds. The van der Waals surface area contributed by atoms with Crippen LogP contribution in [-0.4, -0.2) is 38.3 Å². The van der Waals surface area contributed by atoms with E-state index in [1.165, 1.54) is 10.4 Å².